The first-order chi connectivity index (χ1) is 10.9. The Bertz CT molecular complexity index is 524. The first-order valence-corrected chi connectivity index (χ1v) is 5.52. The quantitative estimate of drug-likeness (QED) is 0.313. The summed E-state index contributed by atoms with van der Waals surface area (Å²) in [6.45, 7) is 0. The number of hydrogen-bond donors (Lipinski definition) is 1. The molecule has 1 N–H and O–H groups in total. The molecule has 0 saturated carbocycles. The maximum absolute atomic E-state index is 11.0. The average molecular weight is 419 g/mol. The van der Waals surface area contributed by atoms with E-state index in [1.807, 2.05) is 0 Å². The maximum atomic E-state index is 11.0. The number of rotatable bonds is 10. The van der Waals surface area contributed by atoms with E-state index in [2.05, 4.69) is 97.6 Å². The molecule has 20 nitrogen and oxygen atoms in total. The fourth-order valence-electron chi connectivity index (χ4n) is 0.328. The van der Waals surface area contributed by atoms with Crippen molar-refractivity contribution in [1.29, 1.82) is 0 Å². The van der Waals surface area contributed by atoms with Crippen molar-refractivity contribution in [3.63, 3.8) is 0 Å². The Morgan fingerprint density at radius 2 is 0.818 bits per heavy atom. The van der Waals surface area contributed by atoms with Crippen molar-refractivity contribution in [2.75, 3.05) is 0 Å². The van der Waals surface area contributed by atoms with Gasteiger partial charge in [-0.2, -0.15) is 0 Å². The van der Waals surface area contributed by atoms with Crippen LogP contribution in [0.1, 0.15) is 0 Å². The van der Waals surface area contributed by atoms with E-state index in [4.69, 9.17) is 0 Å². The Morgan fingerprint density at radius 3 is 1.14 bits per heavy atom. The molecule has 0 unspecified atom stereocenters. The zero-order chi connectivity index (χ0) is 16.1. The predicted molar refractivity (Wildman–Crippen MR) is 56.1 cm³/mol. The van der Waals surface area contributed by atoms with E-state index in [1.165, 1.54) is 0 Å². The van der Waals surface area contributed by atoms with Crippen molar-refractivity contribution in [3.8, 4) is 0 Å². The molecule has 0 aromatic rings. The molecule has 0 saturated heterocycles. The third-order valence-electron chi connectivity index (χ3n) is 0.773. The Kier molecular flexibility index (Phi) is 15.1. The zero-order valence-corrected chi connectivity index (χ0v) is 12.7. The summed E-state index contributed by atoms with van der Waals surface area (Å²) in [5, 5.41) is 51.7. The van der Waals surface area contributed by atoms with E-state index >= 15 is 0 Å². The molecular formula is HFN20Sn. The van der Waals surface area contributed by atoms with Crippen LogP contribution in [0.5, 0.6) is 0 Å². The molecule has 112 valence electrons. The molecule has 0 bridgehead atoms. The van der Waals surface area contributed by atoms with Gasteiger partial charge in [0.25, 0.3) is 0 Å². The molecule has 0 aromatic carbocycles. The van der Waals surface area contributed by atoms with Crippen molar-refractivity contribution < 1.29 is 4.48 Å². The van der Waals surface area contributed by atoms with Crippen LogP contribution in [0.25, 0.3) is 0 Å². The minimum absolute atomic E-state index is 0.869. The molecule has 0 amide bonds. The summed E-state index contributed by atoms with van der Waals surface area (Å²) < 4.78 is 14.5. The van der Waals surface area contributed by atoms with Crippen LogP contribution in [0.4, 0.5) is 4.48 Å². The normalized spacial score (nSPS) is 14.0. The molecule has 0 rings (SSSR count). The van der Waals surface area contributed by atoms with E-state index in [9.17, 15) is 4.48 Å². The van der Waals surface area contributed by atoms with Crippen molar-refractivity contribution in [2.45, 2.75) is 0 Å². The van der Waals surface area contributed by atoms with E-state index in [1.54, 1.807) is 5.34 Å². The van der Waals surface area contributed by atoms with Crippen molar-refractivity contribution in [1.82, 2.24) is 5.53 Å². The number of hydrogen-bond acceptors (Lipinski definition) is 3. The number of halogens is 1. The standard InChI is InChI=1S/FHN20.Sn/c1-3-5-7-9-11-13-15-17-19-21-20-18-16-14-12-10-8-6-4-2;/h(H,3,4,7,8,11,12,15,16,19,20);. The van der Waals surface area contributed by atoms with Crippen molar-refractivity contribution >= 4 is 22.4 Å². The van der Waals surface area contributed by atoms with Crippen molar-refractivity contribution in [3.05, 3.63) is 0 Å². The van der Waals surface area contributed by atoms with Gasteiger partial charge in [-0.05, 0) is 0 Å². The molecule has 2 radical (unpaired) electrons. The fourth-order valence-corrected chi connectivity index (χ4v) is 0.456. The molecule has 0 heterocycles. The van der Waals surface area contributed by atoms with E-state index in [0.29, 0.717) is 0 Å². The van der Waals surface area contributed by atoms with Crippen LogP contribution in [0, 0.1) is 0 Å². The molecule has 0 aliphatic heterocycles. The first kappa shape index (κ1) is 18.7. The molecule has 0 aromatic heterocycles. The Labute approximate surface area is 130 Å². The van der Waals surface area contributed by atoms with Crippen LogP contribution in [-0.4, -0.2) is 22.4 Å². The van der Waals surface area contributed by atoms with E-state index in [-0.39, 0.29) is 0 Å². The summed E-state index contributed by atoms with van der Waals surface area (Å²) in [4.78, 5) is 0. The van der Waals surface area contributed by atoms with Gasteiger partial charge in [0, 0.05) is 41.9 Å². The van der Waals surface area contributed by atoms with Gasteiger partial charge in [0.1, 0.15) is 0 Å². The summed E-state index contributed by atoms with van der Waals surface area (Å²) in [6.07, 6.45) is 0. The van der Waals surface area contributed by atoms with Gasteiger partial charge < -0.3 is 0 Å². The SMILES string of the molecule is FN=NN=NN=NN=NN=NN=NN=NN=NN=NN[N]=[Sn]. The molecule has 0 aliphatic rings. The number of nitrogens with zero attached hydrogens (tertiary/aromatic N) is 19. The molecule has 0 aliphatic carbocycles. The second-order valence-electron chi connectivity index (χ2n) is 1.82. The molecular weight excluding hydrogens is 418 g/mol. The fraction of sp³-hybridized carbons (Fsp3) is 0. The minimum atomic E-state index is 0.869. The van der Waals surface area contributed by atoms with Crippen LogP contribution in [0.2, 0.25) is 0 Å². The van der Waals surface area contributed by atoms with E-state index in [0.717, 1.165) is 22.4 Å². The topological polar surface area (TPSA) is 247 Å². The van der Waals surface area contributed by atoms with Crippen molar-refractivity contribution in [2.24, 2.45) is 97.4 Å². The zero-order valence-electron chi connectivity index (χ0n) is 9.88. The van der Waals surface area contributed by atoms with Crippen LogP contribution >= 0.6 is 0 Å². The van der Waals surface area contributed by atoms with Gasteiger partial charge in [0.15, 0.2) is 0 Å². The second kappa shape index (κ2) is 17.7. The van der Waals surface area contributed by atoms with Crippen LogP contribution in [0.15, 0.2) is 97.4 Å². The summed E-state index contributed by atoms with van der Waals surface area (Å²) in [6, 6.07) is 0. The first-order valence-electron chi connectivity index (χ1n) is 4.24. The van der Waals surface area contributed by atoms with Crippen LogP contribution in [-0.2, 0) is 0 Å². The van der Waals surface area contributed by atoms with Gasteiger partial charge in [-0.1, -0.05) is 4.48 Å². The molecule has 0 fully saturated rings. The third-order valence-corrected chi connectivity index (χ3v) is 1.06. The predicted octanol–water partition coefficient (Wildman–Crippen LogP) is 3.03. The monoisotopic (exact) mass is 420 g/mol. The van der Waals surface area contributed by atoms with Gasteiger partial charge in [-0.25, -0.2) is 0 Å². The molecule has 22 heavy (non-hydrogen) atoms. The Hall–Kier alpha value is -3.27. The van der Waals surface area contributed by atoms with Gasteiger partial charge in [0.05, 0.1) is 0 Å². The summed E-state index contributed by atoms with van der Waals surface area (Å²) in [5.74, 6) is 0. The molecule has 0 spiro atoms. The average Bonchev–Trinajstić information content (AvgIpc) is 2.54. The van der Waals surface area contributed by atoms with Crippen LogP contribution in [0.3, 0.4) is 0 Å². The molecule has 0 atom stereocenters. The van der Waals surface area contributed by atoms with E-state index < -0.39 is 0 Å². The summed E-state index contributed by atoms with van der Waals surface area (Å²) in [7, 11) is 0. The Morgan fingerprint density at radius 1 is 0.500 bits per heavy atom. The second-order valence-corrected chi connectivity index (χ2v) is 2.46. The molecule has 22 heteroatoms. The third kappa shape index (κ3) is 16.7. The van der Waals surface area contributed by atoms with Gasteiger partial charge >= 0.3 is 83.4 Å². The van der Waals surface area contributed by atoms with Gasteiger partial charge in [0.2, 0.25) is 0 Å². The summed E-state index contributed by atoms with van der Waals surface area (Å²) in [5.41, 5.74) is 2.16. The summed E-state index contributed by atoms with van der Waals surface area (Å²) >= 11 is 0.869. The van der Waals surface area contributed by atoms with Gasteiger partial charge in [-0.3, -0.25) is 0 Å². The van der Waals surface area contributed by atoms with Crippen LogP contribution < -0.4 is 5.53 Å². The number of nitrogens with one attached hydrogen (secondary N) is 1. The van der Waals surface area contributed by atoms with Gasteiger partial charge in [-0.15, -0.1) is 0 Å². The Balaban J connectivity index is 3.85.